The molecule has 0 aromatic heterocycles. The first-order valence-corrected chi connectivity index (χ1v) is 4.87. The van der Waals surface area contributed by atoms with Crippen LogP contribution in [0, 0.1) is 5.92 Å². The summed E-state index contributed by atoms with van der Waals surface area (Å²) in [5.41, 5.74) is 1.39. The smallest absolute Gasteiger partial charge is 0.122 e. The topological polar surface area (TPSA) is 21.3 Å². The molecule has 3 heteroatoms. The quantitative estimate of drug-likeness (QED) is 0.707. The second-order valence-corrected chi connectivity index (χ2v) is 3.87. The Morgan fingerprint density at radius 3 is 3.00 bits per heavy atom. The molecule has 0 radical (unpaired) electrons. The van der Waals surface area contributed by atoms with Gasteiger partial charge in [-0.05, 0) is 11.6 Å². The fourth-order valence-electron chi connectivity index (χ4n) is 2.39. The molecule has 0 saturated carbocycles. The number of ether oxygens (including phenoxy) is 1. The molecule has 14 heavy (non-hydrogen) atoms. The second-order valence-electron chi connectivity index (χ2n) is 3.87. The molecule has 2 heterocycles. The number of hydrogen-bond donors (Lipinski definition) is 1. The molecule has 3 rings (SSSR count). The maximum absolute atomic E-state index is 5.70. The van der Waals surface area contributed by atoms with Gasteiger partial charge in [0, 0.05) is 24.9 Å². The minimum atomic E-state index is 0. The van der Waals surface area contributed by atoms with Crippen LogP contribution in [0.3, 0.4) is 0 Å². The minimum Gasteiger partial charge on any atom is -0.493 e. The largest absolute Gasteiger partial charge is 0.493 e. The molecule has 0 bridgehead atoms. The van der Waals surface area contributed by atoms with Gasteiger partial charge in [-0.1, -0.05) is 18.2 Å². The second kappa shape index (κ2) is 3.79. The van der Waals surface area contributed by atoms with Gasteiger partial charge < -0.3 is 10.1 Å². The third kappa shape index (κ3) is 1.39. The van der Waals surface area contributed by atoms with Gasteiger partial charge in [0.1, 0.15) is 5.75 Å². The molecular formula is C11H14ClNO. The summed E-state index contributed by atoms with van der Waals surface area (Å²) in [5, 5.41) is 3.43. The SMILES string of the molecule is Cl.c1ccc2c(c1)OC[C@H]1CNC[C@@H]21. The normalized spacial score (nSPS) is 28.3. The highest BCUT2D eigenvalue weighted by Gasteiger charge is 2.34. The van der Waals surface area contributed by atoms with E-state index in [9.17, 15) is 0 Å². The average molecular weight is 212 g/mol. The van der Waals surface area contributed by atoms with Crippen molar-refractivity contribution in [3.63, 3.8) is 0 Å². The van der Waals surface area contributed by atoms with Crippen molar-refractivity contribution in [1.82, 2.24) is 5.32 Å². The van der Waals surface area contributed by atoms with Crippen LogP contribution in [-0.4, -0.2) is 19.7 Å². The molecule has 0 amide bonds. The van der Waals surface area contributed by atoms with Crippen molar-refractivity contribution in [3.8, 4) is 5.75 Å². The van der Waals surface area contributed by atoms with Crippen LogP contribution in [0.15, 0.2) is 24.3 Å². The van der Waals surface area contributed by atoms with Gasteiger partial charge in [-0.25, -0.2) is 0 Å². The van der Waals surface area contributed by atoms with Crippen molar-refractivity contribution >= 4 is 12.4 Å². The van der Waals surface area contributed by atoms with Crippen molar-refractivity contribution < 1.29 is 4.74 Å². The van der Waals surface area contributed by atoms with Crippen LogP contribution in [0.25, 0.3) is 0 Å². The minimum absolute atomic E-state index is 0. The molecule has 1 aromatic rings. The molecule has 2 aliphatic rings. The van der Waals surface area contributed by atoms with Gasteiger partial charge in [0.05, 0.1) is 6.61 Å². The monoisotopic (exact) mass is 211 g/mol. The van der Waals surface area contributed by atoms with Crippen molar-refractivity contribution in [1.29, 1.82) is 0 Å². The van der Waals surface area contributed by atoms with Crippen LogP contribution in [0.5, 0.6) is 5.75 Å². The molecule has 76 valence electrons. The lowest BCUT2D eigenvalue weighted by molar-refractivity contribution is 0.219. The molecule has 0 spiro atoms. The van der Waals surface area contributed by atoms with E-state index in [0.29, 0.717) is 11.8 Å². The maximum atomic E-state index is 5.70. The van der Waals surface area contributed by atoms with Gasteiger partial charge >= 0.3 is 0 Å². The van der Waals surface area contributed by atoms with Gasteiger partial charge in [-0.2, -0.15) is 0 Å². The number of para-hydroxylation sites is 1. The Morgan fingerprint density at radius 1 is 1.21 bits per heavy atom. The van der Waals surface area contributed by atoms with Gasteiger partial charge in [-0.15, -0.1) is 12.4 Å². The van der Waals surface area contributed by atoms with Crippen molar-refractivity contribution in [3.05, 3.63) is 29.8 Å². The van der Waals surface area contributed by atoms with E-state index in [-0.39, 0.29) is 12.4 Å². The fraction of sp³-hybridized carbons (Fsp3) is 0.455. The third-order valence-electron chi connectivity index (χ3n) is 3.11. The van der Waals surface area contributed by atoms with Crippen LogP contribution >= 0.6 is 12.4 Å². The highest BCUT2D eigenvalue weighted by molar-refractivity contribution is 5.85. The molecule has 1 fully saturated rings. The Morgan fingerprint density at radius 2 is 2.07 bits per heavy atom. The summed E-state index contributed by atoms with van der Waals surface area (Å²) in [6, 6.07) is 8.41. The predicted molar refractivity (Wildman–Crippen MR) is 58.3 cm³/mol. The fourth-order valence-corrected chi connectivity index (χ4v) is 2.39. The Bertz CT molecular complexity index is 329. The molecule has 2 atom stereocenters. The summed E-state index contributed by atoms with van der Waals surface area (Å²) < 4.78 is 5.70. The summed E-state index contributed by atoms with van der Waals surface area (Å²) in [7, 11) is 0. The Kier molecular flexibility index (Phi) is 2.66. The highest BCUT2D eigenvalue weighted by atomic mass is 35.5. The van der Waals surface area contributed by atoms with Gasteiger partial charge in [0.15, 0.2) is 0 Å². The summed E-state index contributed by atoms with van der Waals surface area (Å²) in [6.07, 6.45) is 0. The Hall–Kier alpha value is -0.730. The number of rotatable bonds is 0. The zero-order valence-electron chi connectivity index (χ0n) is 7.90. The number of fused-ring (bicyclic) bond motifs is 3. The van der Waals surface area contributed by atoms with Crippen molar-refractivity contribution in [2.45, 2.75) is 5.92 Å². The molecular weight excluding hydrogens is 198 g/mol. The summed E-state index contributed by atoms with van der Waals surface area (Å²) >= 11 is 0. The van der Waals surface area contributed by atoms with E-state index in [2.05, 4.69) is 23.5 Å². The van der Waals surface area contributed by atoms with Crippen LogP contribution in [0.2, 0.25) is 0 Å². The van der Waals surface area contributed by atoms with Gasteiger partial charge in [0.25, 0.3) is 0 Å². The number of hydrogen-bond acceptors (Lipinski definition) is 2. The van der Waals surface area contributed by atoms with Crippen molar-refractivity contribution in [2.24, 2.45) is 5.92 Å². The van der Waals surface area contributed by atoms with Crippen molar-refractivity contribution in [2.75, 3.05) is 19.7 Å². The van der Waals surface area contributed by atoms with E-state index >= 15 is 0 Å². The summed E-state index contributed by atoms with van der Waals surface area (Å²) in [4.78, 5) is 0. The predicted octanol–water partition coefficient (Wildman–Crippen LogP) is 1.80. The van der Waals surface area contributed by atoms with E-state index in [1.165, 1.54) is 5.56 Å². The molecule has 2 aliphatic heterocycles. The molecule has 2 nitrogen and oxygen atoms in total. The van der Waals surface area contributed by atoms with Crippen LogP contribution in [-0.2, 0) is 0 Å². The van der Waals surface area contributed by atoms with Crippen LogP contribution in [0.4, 0.5) is 0 Å². The number of benzene rings is 1. The maximum Gasteiger partial charge on any atom is 0.122 e. The van der Waals surface area contributed by atoms with Crippen LogP contribution < -0.4 is 10.1 Å². The van der Waals surface area contributed by atoms with E-state index < -0.39 is 0 Å². The lowest BCUT2D eigenvalue weighted by Crippen LogP contribution is -2.24. The van der Waals surface area contributed by atoms with Gasteiger partial charge in [-0.3, -0.25) is 0 Å². The summed E-state index contributed by atoms with van der Waals surface area (Å²) in [5.74, 6) is 2.47. The molecule has 0 unspecified atom stereocenters. The first-order valence-electron chi connectivity index (χ1n) is 4.87. The third-order valence-corrected chi connectivity index (χ3v) is 3.11. The first kappa shape index (κ1) is 9.81. The highest BCUT2D eigenvalue weighted by Crippen LogP contribution is 2.38. The van der Waals surface area contributed by atoms with Gasteiger partial charge in [0.2, 0.25) is 0 Å². The standard InChI is InChI=1S/C11H13NO.ClH/c1-2-4-11-9(3-1)10-6-12-5-8(10)7-13-11;/h1-4,8,10,12H,5-7H2;1H/t8-,10-;/m1./s1. The molecule has 1 aromatic carbocycles. The van der Waals surface area contributed by atoms with E-state index in [1.807, 2.05) is 6.07 Å². The Balaban J connectivity index is 0.000000750. The lowest BCUT2D eigenvalue weighted by atomic mass is 9.87. The van der Waals surface area contributed by atoms with E-state index in [0.717, 1.165) is 25.4 Å². The molecule has 1 saturated heterocycles. The average Bonchev–Trinajstić information content (AvgIpc) is 2.65. The van der Waals surface area contributed by atoms with E-state index in [4.69, 9.17) is 4.74 Å². The molecule has 0 aliphatic carbocycles. The zero-order valence-corrected chi connectivity index (χ0v) is 8.72. The van der Waals surface area contributed by atoms with Crippen LogP contribution in [0.1, 0.15) is 11.5 Å². The summed E-state index contributed by atoms with van der Waals surface area (Å²) in [6.45, 7) is 3.11. The van der Waals surface area contributed by atoms with E-state index in [1.54, 1.807) is 0 Å². The number of nitrogens with one attached hydrogen (secondary N) is 1. The Labute approximate surface area is 90.1 Å². The zero-order chi connectivity index (χ0) is 8.67. The first-order chi connectivity index (χ1) is 6.45. The lowest BCUT2D eigenvalue weighted by Gasteiger charge is -2.27. The number of halogens is 1. The molecule has 1 N–H and O–H groups in total.